The molecular weight excluding hydrogens is 368 g/mol. The molecule has 0 bridgehead atoms. The summed E-state index contributed by atoms with van der Waals surface area (Å²) in [6, 6.07) is 11.5. The fourth-order valence-electron chi connectivity index (χ4n) is 2.86. The number of nitrogens with zero attached hydrogens (tertiary/aromatic N) is 3. The number of thiophene rings is 1. The average molecular weight is 384 g/mol. The molecule has 1 saturated heterocycles. The maximum absolute atomic E-state index is 12.4. The van der Waals surface area contributed by atoms with E-state index in [1.807, 2.05) is 42.6 Å². The normalized spacial score (nSPS) is 16.9. The summed E-state index contributed by atoms with van der Waals surface area (Å²) in [4.78, 5) is 26.9. The lowest BCUT2D eigenvalue weighted by atomic mass is 10.1. The van der Waals surface area contributed by atoms with Crippen LogP contribution in [0.2, 0.25) is 0 Å². The molecule has 1 aliphatic heterocycles. The van der Waals surface area contributed by atoms with Gasteiger partial charge in [-0.15, -0.1) is 21.5 Å². The fraction of sp³-hybridized carbons (Fsp3) is 0.222. The molecule has 0 radical (unpaired) electrons. The number of nitrogens with one attached hydrogen (secondary N) is 1. The highest BCUT2D eigenvalue weighted by Gasteiger charge is 2.34. The van der Waals surface area contributed by atoms with Gasteiger partial charge in [0.25, 0.3) is 5.91 Å². The Morgan fingerprint density at radius 3 is 2.77 bits per heavy atom. The van der Waals surface area contributed by atoms with Crippen LogP contribution < -0.4 is 10.2 Å². The molecular formula is C18H16N4O2S2. The number of carbonyl (C=O) groups is 2. The summed E-state index contributed by atoms with van der Waals surface area (Å²) in [5.74, 6) is -0.113. The van der Waals surface area contributed by atoms with Crippen LogP contribution in [0.1, 0.15) is 32.6 Å². The number of benzene rings is 1. The van der Waals surface area contributed by atoms with Gasteiger partial charge in [0.2, 0.25) is 11.0 Å². The molecule has 6 nitrogen and oxygen atoms in total. The first-order valence-electron chi connectivity index (χ1n) is 8.15. The van der Waals surface area contributed by atoms with Gasteiger partial charge in [0, 0.05) is 24.6 Å². The number of rotatable bonds is 4. The smallest absolute Gasteiger partial charge is 0.267 e. The highest BCUT2D eigenvalue weighted by molar-refractivity contribution is 7.15. The van der Waals surface area contributed by atoms with Crippen molar-refractivity contribution in [1.82, 2.24) is 10.2 Å². The van der Waals surface area contributed by atoms with Crippen molar-refractivity contribution in [2.45, 2.75) is 19.3 Å². The van der Waals surface area contributed by atoms with Gasteiger partial charge in [0.1, 0.15) is 5.01 Å². The number of amides is 2. The fourth-order valence-corrected chi connectivity index (χ4v) is 4.31. The van der Waals surface area contributed by atoms with Gasteiger partial charge in [-0.2, -0.15) is 0 Å². The van der Waals surface area contributed by atoms with Gasteiger partial charge in [-0.25, -0.2) is 0 Å². The first kappa shape index (κ1) is 16.9. The predicted octanol–water partition coefficient (Wildman–Crippen LogP) is 3.68. The Morgan fingerprint density at radius 1 is 1.23 bits per heavy atom. The third kappa shape index (κ3) is 3.38. The number of aromatic nitrogens is 2. The van der Waals surface area contributed by atoms with Gasteiger partial charge in [-0.05, 0) is 30.5 Å². The predicted molar refractivity (Wildman–Crippen MR) is 103 cm³/mol. The Morgan fingerprint density at radius 2 is 2.04 bits per heavy atom. The van der Waals surface area contributed by atoms with Crippen molar-refractivity contribution in [3.05, 3.63) is 57.2 Å². The van der Waals surface area contributed by atoms with E-state index in [2.05, 4.69) is 15.5 Å². The Kier molecular flexibility index (Phi) is 4.52. The van der Waals surface area contributed by atoms with Crippen LogP contribution in [0.15, 0.2) is 41.8 Å². The first-order valence-corrected chi connectivity index (χ1v) is 9.85. The van der Waals surface area contributed by atoms with Gasteiger partial charge in [0.05, 0.1) is 4.88 Å². The molecule has 1 aliphatic rings. The van der Waals surface area contributed by atoms with Crippen LogP contribution >= 0.6 is 22.7 Å². The van der Waals surface area contributed by atoms with E-state index in [-0.39, 0.29) is 17.7 Å². The molecule has 26 heavy (non-hydrogen) atoms. The van der Waals surface area contributed by atoms with E-state index in [1.165, 1.54) is 22.7 Å². The van der Waals surface area contributed by atoms with Gasteiger partial charge in [0.15, 0.2) is 0 Å². The van der Waals surface area contributed by atoms with Crippen molar-refractivity contribution in [3.8, 4) is 0 Å². The van der Waals surface area contributed by atoms with E-state index >= 15 is 0 Å². The zero-order chi connectivity index (χ0) is 18.1. The molecule has 132 valence electrons. The van der Waals surface area contributed by atoms with Crippen LogP contribution in [0, 0.1) is 6.92 Å². The summed E-state index contributed by atoms with van der Waals surface area (Å²) in [5, 5.41) is 14.1. The maximum atomic E-state index is 12.4. The summed E-state index contributed by atoms with van der Waals surface area (Å²) >= 11 is 2.70. The maximum Gasteiger partial charge on any atom is 0.267 e. The molecule has 2 aromatic heterocycles. The van der Waals surface area contributed by atoms with Gasteiger partial charge in [-0.1, -0.05) is 35.1 Å². The lowest BCUT2D eigenvalue weighted by molar-refractivity contribution is -0.117. The van der Waals surface area contributed by atoms with E-state index < -0.39 is 0 Å². The van der Waals surface area contributed by atoms with Gasteiger partial charge < -0.3 is 4.90 Å². The summed E-state index contributed by atoms with van der Waals surface area (Å²) in [6.07, 6.45) is 0.404. The Labute approximate surface area is 158 Å². The Balaban J connectivity index is 1.45. The highest BCUT2D eigenvalue weighted by Crippen LogP contribution is 2.34. The van der Waals surface area contributed by atoms with Crippen molar-refractivity contribution < 1.29 is 9.59 Å². The van der Waals surface area contributed by atoms with Crippen LogP contribution in [0.25, 0.3) is 0 Å². The standard InChI is InChI=1S/C18H16N4O2S2/c1-11-4-6-13(7-5-11)22-10-12(9-15(22)23)17-20-21-18(26-17)19-16(24)14-3-2-8-25-14/h2-8,12H,9-10H2,1H3,(H,19,21,24)/t12-/m1/s1. The second-order valence-electron chi connectivity index (χ2n) is 6.12. The quantitative estimate of drug-likeness (QED) is 0.744. The lowest BCUT2D eigenvalue weighted by Crippen LogP contribution is -2.24. The molecule has 1 fully saturated rings. The highest BCUT2D eigenvalue weighted by atomic mass is 32.1. The SMILES string of the molecule is Cc1ccc(N2C[C@H](c3nnc(NC(=O)c4cccs4)s3)CC2=O)cc1. The van der Waals surface area contributed by atoms with Crippen LogP contribution in [0.3, 0.4) is 0 Å². The molecule has 4 rings (SSSR count). The second-order valence-corrected chi connectivity index (χ2v) is 8.07. The number of aryl methyl sites for hydroxylation is 1. The minimum absolute atomic E-state index is 0.00584. The zero-order valence-corrected chi connectivity index (χ0v) is 15.6. The monoisotopic (exact) mass is 384 g/mol. The molecule has 3 heterocycles. The second kappa shape index (κ2) is 6.97. The third-order valence-corrected chi connectivity index (χ3v) is 6.10. The number of carbonyl (C=O) groups excluding carboxylic acids is 2. The average Bonchev–Trinajstić information content (AvgIpc) is 3.36. The minimum atomic E-state index is -0.188. The van der Waals surface area contributed by atoms with E-state index in [1.54, 1.807) is 11.0 Å². The molecule has 1 N–H and O–H groups in total. The largest absolute Gasteiger partial charge is 0.312 e. The van der Waals surface area contributed by atoms with Crippen molar-refractivity contribution in [2.75, 3.05) is 16.8 Å². The van der Waals surface area contributed by atoms with Crippen molar-refractivity contribution >= 4 is 45.3 Å². The van der Waals surface area contributed by atoms with E-state index in [4.69, 9.17) is 0 Å². The van der Waals surface area contributed by atoms with E-state index in [9.17, 15) is 9.59 Å². The Bertz CT molecular complexity index is 935. The molecule has 1 aromatic carbocycles. The lowest BCUT2D eigenvalue weighted by Gasteiger charge is -2.16. The number of hydrogen-bond acceptors (Lipinski definition) is 6. The number of anilines is 2. The van der Waals surface area contributed by atoms with Crippen molar-refractivity contribution in [2.24, 2.45) is 0 Å². The van der Waals surface area contributed by atoms with Crippen LogP contribution in [0.4, 0.5) is 10.8 Å². The molecule has 8 heteroatoms. The van der Waals surface area contributed by atoms with E-state index in [0.717, 1.165) is 16.3 Å². The summed E-state index contributed by atoms with van der Waals surface area (Å²) in [7, 11) is 0. The Hall–Kier alpha value is -2.58. The molecule has 3 aromatic rings. The van der Waals surface area contributed by atoms with Crippen molar-refractivity contribution in [1.29, 1.82) is 0 Å². The number of hydrogen-bond donors (Lipinski definition) is 1. The first-order chi connectivity index (χ1) is 12.6. The summed E-state index contributed by atoms with van der Waals surface area (Å²) in [5.41, 5.74) is 2.06. The molecule has 0 saturated carbocycles. The van der Waals surface area contributed by atoms with Gasteiger partial charge in [-0.3, -0.25) is 14.9 Å². The van der Waals surface area contributed by atoms with Crippen LogP contribution in [-0.2, 0) is 4.79 Å². The summed E-state index contributed by atoms with van der Waals surface area (Å²) in [6.45, 7) is 2.60. The minimum Gasteiger partial charge on any atom is -0.312 e. The van der Waals surface area contributed by atoms with E-state index in [0.29, 0.717) is 23.0 Å². The molecule has 1 atom stereocenters. The third-order valence-electron chi connectivity index (χ3n) is 4.23. The molecule has 0 spiro atoms. The zero-order valence-electron chi connectivity index (χ0n) is 14.0. The topological polar surface area (TPSA) is 75.2 Å². The van der Waals surface area contributed by atoms with Crippen LogP contribution in [0.5, 0.6) is 0 Å². The summed E-state index contributed by atoms with van der Waals surface area (Å²) < 4.78 is 0. The molecule has 2 amide bonds. The van der Waals surface area contributed by atoms with Crippen molar-refractivity contribution in [3.63, 3.8) is 0 Å². The molecule has 0 aliphatic carbocycles. The van der Waals surface area contributed by atoms with Gasteiger partial charge >= 0.3 is 0 Å². The van der Waals surface area contributed by atoms with Crippen LogP contribution in [-0.4, -0.2) is 28.6 Å². The molecule has 0 unspecified atom stereocenters.